The van der Waals surface area contributed by atoms with E-state index in [9.17, 15) is 9.90 Å². The first-order chi connectivity index (χ1) is 6.68. The SMILES string of the molecule is O=C(O)C1=Cc2cccc(O)c2OC1. The molecule has 1 aromatic rings. The quantitative estimate of drug-likeness (QED) is 0.702. The number of hydrogen-bond acceptors (Lipinski definition) is 3. The summed E-state index contributed by atoms with van der Waals surface area (Å²) in [5, 5.41) is 18.1. The molecule has 0 bridgehead atoms. The Balaban J connectivity index is 2.50. The van der Waals surface area contributed by atoms with Crippen LogP contribution in [0.4, 0.5) is 0 Å². The summed E-state index contributed by atoms with van der Waals surface area (Å²) in [4.78, 5) is 10.6. The van der Waals surface area contributed by atoms with Gasteiger partial charge in [0.25, 0.3) is 0 Å². The van der Waals surface area contributed by atoms with Crippen LogP contribution in [0.5, 0.6) is 11.5 Å². The maximum absolute atomic E-state index is 10.6. The monoisotopic (exact) mass is 192 g/mol. The van der Waals surface area contributed by atoms with Crippen LogP contribution in [0.1, 0.15) is 5.56 Å². The largest absolute Gasteiger partial charge is 0.504 e. The highest BCUT2D eigenvalue weighted by molar-refractivity contribution is 5.94. The highest BCUT2D eigenvalue weighted by Crippen LogP contribution is 2.34. The molecular formula is C10H8O4. The standard InChI is InChI=1S/C10H8O4/c11-8-3-1-2-6-4-7(10(12)13)5-14-9(6)8/h1-4,11H,5H2,(H,12,13). The van der Waals surface area contributed by atoms with E-state index in [1.807, 2.05) is 0 Å². The third-order valence-corrected chi connectivity index (χ3v) is 2.00. The molecule has 1 aliphatic heterocycles. The normalized spacial score (nSPS) is 13.9. The van der Waals surface area contributed by atoms with Crippen molar-refractivity contribution in [2.45, 2.75) is 0 Å². The number of para-hydroxylation sites is 1. The van der Waals surface area contributed by atoms with Gasteiger partial charge in [-0.15, -0.1) is 0 Å². The van der Waals surface area contributed by atoms with Crippen LogP contribution >= 0.6 is 0 Å². The fourth-order valence-corrected chi connectivity index (χ4v) is 1.32. The molecule has 0 unspecified atom stereocenters. The van der Waals surface area contributed by atoms with E-state index in [-0.39, 0.29) is 17.9 Å². The van der Waals surface area contributed by atoms with E-state index in [2.05, 4.69) is 0 Å². The molecule has 0 amide bonds. The van der Waals surface area contributed by atoms with E-state index >= 15 is 0 Å². The molecule has 0 saturated heterocycles. The number of fused-ring (bicyclic) bond motifs is 1. The molecule has 0 saturated carbocycles. The lowest BCUT2D eigenvalue weighted by Gasteiger charge is -2.16. The number of aliphatic carboxylic acids is 1. The average Bonchev–Trinajstić information content (AvgIpc) is 2.17. The third-order valence-electron chi connectivity index (χ3n) is 2.00. The molecular weight excluding hydrogens is 184 g/mol. The number of rotatable bonds is 1. The van der Waals surface area contributed by atoms with E-state index in [1.54, 1.807) is 12.1 Å². The summed E-state index contributed by atoms with van der Waals surface area (Å²) in [6.07, 6.45) is 1.50. The predicted octanol–water partition coefficient (Wildman–Crippen LogP) is 1.25. The van der Waals surface area contributed by atoms with Gasteiger partial charge in [-0.2, -0.15) is 0 Å². The van der Waals surface area contributed by atoms with E-state index < -0.39 is 5.97 Å². The zero-order valence-electron chi connectivity index (χ0n) is 7.23. The summed E-state index contributed by atoms with van der Waals surface area (Å²) < 4.78 is 5.13. The highest BCUT2D eigenvalue weighted by Gasteiger charge is 2.18. The molecule has 2 rings (SSSR count). The van der Waals surface area contributed by atoms with Gasteiger partial charge in [0.15, 0.2) is 11.5 Å². The topological polar surface area (TPSA) is 66.8 Å². The fraction of sp³-hybridized carbons (Fsp3) is 0.100. The van der Waals surface area contributed by atoms with Gasteiger partial charge in [0, 0.05) is 5.56 Å². The predicted molar refractivity (Wildman–Crippen MR) is 49.2 cm³/mol. The van der Waals surface area contributed by atoms with E-state index in [0.29, 0.717) is 11.3 Å². The second kappa shape index (κ2) is 3.06. The molecule has 0 atom stereocenters. The lowest BCUT2D eigenvalue weighted by Crippen LogP contribution is -2.14. The van der Waals surface area contributed by atoms with E-state index in [4.69, 9.17) is 9.84 Å². The molecule has 1 aliphatic rings. The molecule has 0 aliphatic carbocycles. The van der Waals surface area contributed by atoms with E-state index in [0.717, 1.165) is 0 Å². The van der Waals surface area contributed by atoms with Crippen LogP contribution in [0.2, 0.25) is 0 Å². The number of ether oxygens (including phenoxy) is 1. The molecule has 1 heterocycles. The van der Waals surface area contributed by atoms with Crippen LogP contribution in [-0.4, -0.2) is 22.8 Å². The van der Waals surface area contributed by atoms with Gasteiger partial charge in [0.05, 0.1) is 5.57 Å². The molecule has 0 radical (unpaired) electrons. The zero-order valence-corrected chi connectivity index (χ0v) is 7.23. The Morgan fingerprint density at radius 1 is 1.43 bits per heavy atom. The van der Waals surface area contributed by atoms with Gasteiger partial charge in [-0.3, -0.25) is 0 Å². The Bertz CT molecular complexity index is 420. The maximum atomic E-state index is 10.6. The Kier molecular flexibility index (Phi) is 1.89. The first-order valence-electron chi connectivity index (χ1n) is 4.07. The lowest BCUT2D eigenvalue weighted by molar-refractivity contribution is -0.132. The van der Waals surface area contributed by atoms with Crippen molar-refractivity contribution in [1.29, 1.82) is 0 Å². The van der Waals surface area contributed by atoms with Crippen molar-refractivity contribution in [3.8, 4) is 11.5 Å². The van der Waals surface area contributed by atoms with Crippen LogP contribution in [0.3, 0.4) is 0 Å². The van der Waals surface area contributed by atoms with Gasteiger partial charge in [-0.25, -0.2) is 4.79 Å². The molecule has 2 N–H and O–H groups in total. The van der Waals surface area contributed by atoms with Crippen LogP contribution in [0.25, 0.3) is 6.08 Å². The van der Waals surface area contributed by atoms with Crippen molar-refractivity contribution < 1.29 is 19.7 Å². The Hall–Kier alpha value is -1.97. The molecule has 4 heteroatoms. The van der Waals surface area contributed by atoms with Crippen molar-refractivity contribution in [1.82, 2.24) is 0 Å². The van der Waals surface area contributed by atoms with Gasteiger partial charge >= 0.3 is 5.97 Å². The molecule has 0 aromatic heterocycles. The van der Waals surface area contributed by atoms with Crippen molar-refractivity contribution in [2.24, 2.45) is 0 Å². The van der Waals surface area contributed by atoms with Crippen molar-refractivity contribution >= 4 is 12.0 Å². The average molecular weight is 192 g/mol. The fourth-order valence-electron chi connectivity index (χ4n) is 1.32. The summed E-state index contributed by atoms with van der Waals surface area (Å²) in [6.45, 7) is -0.0140. The number of carboxylic acids is 1. The van der Waals surface area contributed by atoms with Gasteiger partial charge in [-0.1, -0.05) is 12.1 Å². The number of carbonyl (C=O) groups is 1. The second-order valence-corrected chi connectivity index (χ2v) is 2.96. The molecule has 0 spiro atoms. The second-order valence-electron chi connectivity index (χ2n) is 2.96. The summed E-state index contributed by atoms with van der Waals surface area (Å²) >= 11 is 0. The molecule has 4 nitrogen and oxygen atoms in total. The lowest BCUT2D eigenvalue weighted by atomic mass is 10.1. The Morgan fingerprint density at radius 2 is 2.21 bits per heavy atom. The van der Waals surface area contributed by atoms with Gasteiger partial charge in [0.2, 0.25) is 0 Å². The zero-order chi connectivity index (χ0) is 10.1. The van der Waals surface area contributed by atoms with Crippen LogP contribution in [0, 0.1) is 0 Å². The molecule has 14 heavy (non-hydrogen) atoms. The van der Waals surface area contributed by atoms with Gasteiger partial charge in [-0.05, 0) is 12.1 Å². The van der Waals surface area contributed by atoms with Crippen molar-refractivity contribution in [3.63, 3.8) is 0 Å². The number of phenolic OH excluding ortho intramolecular Hbond substituents is 1. The first-order valence-corrected chi connectivity index (χ1v) is 4.07. The molecule has 1 aromatic carbocycles. The Labute approximate surface area is 80.1 Å². The number of benzene rings is 1. The van der Waals surface area contributed by atoms with Gasteiger partial charge < -0.3 is 14.9 Å². The Morgan fingerprint density at radius 3 is 2.93 bits per heavy atom. The summed E-state index contributed by atoms with van der Waals surface area (Å²) in [5.74, 6) is -0.625. The summed E-state index contributed by atoms with van der Waals surface area (Å²) in [5.41, 5.74) is 0.775. The summed E-state index contributed by atoms with van der Waals surface area (Å²) in [6, 6.07) is 4.83. The van der Waals surface area contributed by atoms with Gasteiger partial charge in [0.1, 0.15) is 6.61 Å². The van der Waals surface area contributed by atoms with Crippen LogP contribution in [0.15, 0.2) is 23.8 Å². The van der Waals surface area contributed by atoms with E-state index in [1.165, 1.54) is 12.1 Å². The first kappa shape index (κ1) is 8.62. The highest BCUT2D eigenvalue weighted by atomic mass is 16.5. The number of hydrogen-bond donors (Lipinski definition) is 2. The number of aromatic hydroxyl groups is 1. The van der Waals surface area contributed by atoms with Crippen molar-refractivity contribution in [2.75, 3.05) is 6.61 Å². The molecule has 72 valence electrons. The minimum Gasteiger partial charge on any atom is -0.504 e. The minimum absolute atomic E-state index is 0.0140. The number of carboxylic acid groups (broad SMARTS) is 1. The van der Waals surface area contributed by atoms with Crippen LogP contribution < -0.4 is 4.74 Å². The number of phenols is 1. The third kappa shape index (κ3) is 1.31. The molecule has 0 fully saturated rings. The van der Waals surface area contributed by atoms with Crippen molar-refractivity contribution in [3.05, 3.63) is 29.3 Å². The maximum Gasteiger partial charge on any atom is 0.335 e. The smallest absolute Gasteiger partial charge is 0.335 e. The minimum atomic E-state index is -1.00. The summed E-state index contributed by atoms with van der Waals surface area (Å²) in [7, 11) is 0. The van der Waals surface area contributed by atoms with Crippen LogP contribution in [-0.2, 0) is 4.79 Å².